The minimum atomic E-state index is -4.67. The number of benzene rings is 1. The van der Waals surface area contributed by atoms with E-state index in [0.29, 0.717) is 6.61 Å². The zero-order valence-electron chi connectivity index (χ0n) is 8.03. The van der Waals surface area contributed by atoms with Gasteiger partial charge in [0, 0.05) is 0 Å². The second kappa shape index (κ2) is 9.66. The van der Waals surface area contributed by atoms with E-state index in [9.17, 15) is 0 Å². The van der Waals surface area contributed by atoms with Crippen molar-refractivity contribution >= 4 is 29.3 Å². The van der Waals surface area contributed by atoms with Gasteiger partial charge in [-0.05, 0) is 19.1 Å². The number of para-hydroxylation sites is 1. The summed E-state index contributed by atoms with van der Waals surface area (Å²) in [7, 11) is -4.67. The molecule has 1 aromatic carbocycles. The van der Waals surface area contributed by atoms with E-state index >= 15 is 0 Å². The van der Waals surface area contributed by atoms with Crippen LogP contribution in [0.4, 0.5) is 0 Å². The second-order valence-electron chi connectivity index (χ2n) is 2.25. The molecule has 88 valence electrons. The SMILES string of the molecule is CCOOc1ccccc1.O=S(=O)(O)O.[LiH]. The Morgan fingerprint density at radius 3 is 2.00 bits per heavy atom. The van der Waals surface area contributed by atoms with E-state index in [1.54, 1.807) is 0 Å². The van der Waals surface area contributed by atoms with Crippen LogP contribution in [0.1, 0.15) is 6.92 Å². The molecule has 0 unspecified atom stereocenters. The minimum absolute atomic E-state index is 0. The average molecular weight is 244 g/mol. The van der Waals surface area contributed by atoms with E-state index in [1.165, 1.54) is 0 Å². The van der Waals surface area contributed by atoms with Gasteiger partial charge in [0.05, 0.1) is 6.61 Å². The van der Waals surface area contributed by atoms with E-state index in [1.807, 2.05) is 37.3 Å². The van der Waals surface area contributed by atoms with Crippen LogP contribution < -0.4 is 4.89 Å². The van der Waals surface area contributed by atoms with Crippen LogP contribution in [0.25, 0.3) is 0 Å². The van der Waals surface area contributed by atoms with Crippen molar-refractivity contribution in [3.05, 3.63) is 30.3 Å². The molecule has 0 fully saturated rings. The van der Waals surface area contributed by atoms with Gasteiger partial charge >= 0.3 is 29.3 Å². The van der Waals surface area contributed by atoms with Crippen molar-refractivity contribution in [1.29, 1.82) is 0 Å². The Bertz CT molecular complexity index is 344. The Hall–Kier alpha value is -0.553. The molecule has 0 heterocycles. The molecule has 0 amide bonds. The zero-order chi connectivity index (χ0) is 11.7. The first kappa shape index (κ1) is 17.8. The fraction of sp³-hybridized carbons (Fsp3) is 0.250. The molecule has 1 rings (SSSR count). The molecule has 0 aliphatic carbocycles. The quantitative estimate of drug-likeness (QED) is 0.352. The standard InChI is InChI=1S/C8H10O2.Li.H2O4S.H/c1-2-9-10-8-6-4-3-5-7-8;;1-5(2,3)4;/h3-7H,2H2,1H3;;(H2,1,2,3,4);. The van der Waals surface area contributed by atoms with Crippen LogP contribution in [0.3, 0.4) is 0 Å². The molecule has 2 N–H and O–H groups in total. The summed E-state index contributed by atoms with van der Waals surface area (Å²) in [6.07, 6.45) is 0. The Labute approximate surface area is 106 Å². The first-order valence-corrected chi connectivity index (χ1v) is 5.37. The van der Waals surface area contributed by atoms with Gasteiger partial charge in [-0.2, -0.15) is 13.3 Å². The predicted molar refractivity (Wildman–Crippen MR) is 60.0 cm³/mol. The topological polar surface area (TPSA) is 93.1 Å². The van der Waals surface area contributed by atoms with Gasteiger partial charge in [-0.3, -0.25) is 9.11 Å². The molecule has 8 heteroatoms. The molecule has 1 aromatic rings. The van der Waals surface area contributed by atoms with E-state index < -0.39 is 10.4 Å². The fourth-order valence-electron chi connectivity index (χ4n) is 0.603. The van der Waals surface area contributed by atoms with Crippen molar-refractivity contribution in [3.8, 4) is 5.75 Å². The molecule has 0 aliphatic rings. The van der Waals surface area contributed by atoms with Crippen LogP contribution in [-0.2, 0) is 15.3 Å². The Morgan fingerprint density at radius 1 is 1.19 bits per heavy atom. The number of hydrogen-bond acceptors (Lipinski definition) is 4. The Balaban J connectivity index is 0. The predicted octanol–water partition coefficient (Wildman–Crippen LogP) is 0.716. The molecule has 0 bridgehead atoms. The van der Waals surface area contributed by atoms with Crippen molar-refractivity contribution in [2.24, 2.45) is 0 Å². The maximum absolute atomic E-state index is 8.74. The summed E-state index contributed by atoms with van der Waals surface area (Å²) in [5, 5.41) is 0. The van der Waals surface area contributed by atoms with Crippen LogP contribution in [0.2, 0.25) is 0 Å². The van der Waals surface area contributed by atoms with Gasteiger partial charge in [-0.1, -0.05) is 18.2 Å². The fourth-order valence-corrected chi connectivity index (χ4v) is 0.603. The summed E-state index contributed by atoms with van der Waals surface area (Å²) in [5.74, 6) is 0.740. The van der Waals surface area contributed by atoms with Gasteiger partial charge in [-0.25, -0.2) is 0 Å². The van der Waals surface area contributed by atoms with Gasteiger partial charge in [0.15, 0.2) is 5.75 Å². The van der Waals surface area contributed by atoms with E-state index in [4.69, 9.17) is 27.3 Å². The van der Waals surface area contributed by atoms with Gasteiger partial charge in [-0.15, -0.1) is 0 Å². The molecule has 16 heavy (non-hydrogen) atoms. The van der Waals surface area contributed by atoms with E-state index in [2.05, 4.69) is 0 Å². The first-order chi connectivity index (χ1) is 6.93. The first-order valence-electron chi connectivity index (χ1n) is 3.98. The third-order valence-corrected chi connectivity index (χ3v) is 1.02. The van der Waals surface area contributed by atoms with Crippen molar-refractivity contribution in [3.63, 3.8) is 0 Å². The van der Waals surface area contributed by atoms with Crippen molar-refractivity contribution in [2.45, 2.75) is 6.92 Å². The molecular formula is C8H13LiO6S. The van der Waals surface area contributed by atoms with Gasteiger partial charge in [0.2, 0.25) is 0 Å². The van der Waals surface area contributed by atoms with Gasteiger partial charge in [0.25, 0.3) is 0 Å². The summed E-state index contributed by atoms with van der Waals surface area (Å²) in [6, 6.07) is 9.41. The normalized spacial score (nSPS) is 9.44. The number of rotatable bonds is 3. The van der Waals surface area contributed by atoms with Crippen LogP contribution in [0, 0.1) is 0 Å². The molecule has 6 nitrogen and oxygen atoms in total. The third-order valence-electron chi connectivity index (χ3n) is 1.02. The average Bonchev–Trinajstić information content (AvgIpc) is 2.14. The Kier molecular flexibility index (Phi) is 10.8. The zero-order valence-corrected chi connectivity index (χ0v) is 8.85. The summed E-state index contributed by atoms with van der Waals surface area (Å²) in [6.45, 7) is 2.44. The summed E-state index contributed by atoms with van der Waals surface area (Å²) in [5.41, 5.74) is 0. The van der Waals surface area contributed by atoms with Gasteiger partial charge < -0.3 is 4.89 Å². The van der Waals surface area contributed by atoms with Gasteiger partial charge in [0.1, 0.15) is 0 Å². The third kappa shape index (κ3) is 15.9. The Morgan fingerprint density at radius 2 is 1.62 bits per heavy atom. The van der Waals surface area contributed by atoms with Crippen molar-refractivity contribution < 1.29 is 27.3 Å². The molecule has 0 aliphatic heterocycles. The second-order valence-corrected chi connectivity index (χ2v) is 3.15. The monoisotopic (exact) mass is 244 g/mol. The summed E-state index contributed by atoms with van der Waals surface area (Å²) in [4.78, 5) is 9.57. The maximum atomic E-state index is 8.74. The summed E-state index contributed by atoms with van der Waals surface area (Å²) >= 11 is 0. The molecule has 0 spiro atoms. The molecular weight excluding hydrogens is 231 g/mol. The van der Waals surface area contributed by atoms with Crippen LogP contribution in [0.15, 0.2) is 30.3 Å². The summed E-state index contributed by atoms with van der Waals surface area (Å²) < 4.78 is 31.6. The van der Waals surface area contributed by atoms with Crippen LogP contribution in [-0.4, -0.2) is 43.0 Å². The molecule has 0 aromatic heterocycles. The number of hydrogen-bond donors (Lipinski definition) is 2. The molecule has 0 saturated carbocycles. The van der Waals surface area contributed by atoms with Crippen molar-refractivity contribution in [1.82, 2.24) is 0 Å². The van der Waals surface area contributed by atoms with Crippen LogP contribution in [0.5, 0.6) is 5.75 Å². The molecule has 0 saturated heterocycles. The van der Waals surface area contributed by atoms with Crippen molar-refractivity contribution in [2.75, 3.05) is 6.61 Å². The van der Waals surface area contributed by atoms with Crippen LogP contribution >= 0.6 is 0 Å². The van der Waals surface area contributed by atoms with E-state index in [0.717, 1.165) is 5.75 Å². The van der Waals surface area contributed by atoms with E-state index in [-0.39, 0.29) is 18.9 Å². The molecule has 0 radical (unpaired) electrons. The molecule has 0 atom stereocenters.